The Bertz CT molecular complexity index is 279. The largest absolute Gasteiger partial charge is 0.480 e. The SMILES string of the molecule is CN1CCN(NC(=O)NCCOCC(=O)O)CC1. The number of rotatable bonds is 6. The van der Waals surface area contributed by atoms with Crippen LogP contribution in [0, 0.1) is 0 Å². The molecule has 0 aliphatic carbocycles. The van der Waals surface area contributed by atoms with E-state index in [-0.39, 0.29) is 25.8 Å². The zero-order valence-corrected chi connectivity index (χ0v) is 10.5. The topological polar surface area (TPSA) is 94.1 Å². The van der Waals surface area contributed by atoms with Gasteiger partial charge in [-0.05, 0) is 7.05 Å². The molecule has 0 aromatic heterocycles. The van der Waals surface area contributed by atoms with Crippen LogP contribution in [-0.4, -0.2) is 80.0 Å². The number of ether oxygens (including phenoxy) is 1. The summed E-state index contributed by atoms with van der Waals surface area (Å²) in [4.78, 5) is 23.8. The highest BCUT2D eigenvalue weighted by molar-refractivity contribution is 5.73. The molecule has 0 bridgehead atoms. The molecule has 0 spiro atoms. The van der Waals surface area contributed by atoms with Crippen molar-refractivity contribution in [1.82, 2.24) is 20.7 Å². The molecule has 18 heavy (non-hydrogen) atoms. The summed E-state index contributed by atoms with van der Waals surface area (Å²) < 4.78 is 4.79. The van der Waals surface area contributed by atoms with E-state index in [2.05, 4.69) is 15.6 Å². The predicted molar refractivity (Wildman–Crippen MR) is 64.1 cm³/mol. The summed E-state index contributed by atoms with van der Waals surface area (Å²) in [5.74, 6) is -1.02. The van der Waals surface area contributed by atoms with E-state index in [1.807, 2.05) is 12.1 Å². The van der Waals surface area contributed by atoms with Gasteiger partial charge in [-0.3, -0.25) is 5.43 Å². The molecule has 1 aliphatic rings. The fraction of sp³-hybridized carbons (Fsp3) is 0.800. The summed E-state index contributed by atoms with van der Waals surface area (Å²) in [7, 11) is 2.04. The Kier molecular flexibility index (Phi) is 6.40. The molecule has 0 radical (unpaired) electrons. The van der Waals surface area contributed by atoms with Crippen LogP contribution in [0.4, 0.5) is 4.79 Å². The number of nitrogens with one attached hydrogen (secondary N) is 2. The summed E-state index contributed by atoms with van der Waals surface area (Å²) in [6, 6.07) is -0.293. The van der Waals surface area contributed by atoms with Crippen molar-refractivity contribution in [2.45, 2.75) is 0 Å². The molecule has 0 unspecified atom stereocenters. The first-order valence-corrected chi connectivity index (χ1v) is 5.85. The number of hydrogen-bond acceptors (Lipinski definition) is 5. The van der Waals surface area contributed by atoms with Gasteiger partial charge in [0.25, 0.3) is 0 Å². The summed E-state index contributed by atoms with van der Waals surface area (Å²) in [6.07, 6.45) is 0. The van der Waals surface area contributed by atoms with Crippen molar-refractivity contribution in [3.8, 4) is 0 Å². The fourth-order valence-corrected chi connectivity index (χ4v) is 1.50. The van der Waals surface area contributed by atoms with Crippen LogP contribution >= 0.6 is 0 Å². The lowest BCUT2D eigenvalue weighted by Crippen LogP contribution is -2.55. The Hall–Kier alpha value is -1.38. The summed E-state index contributed by atoms with van der Waals surface area (Å²) in [5, 5.41) is 12.8. The quantitative estimate of drug-likeness (QED) is 0.506. The van der Waals surface area contributed by atoms with Gasteiger partial charge < -0.3 is 20.1 Å². The van der Waals surface area contributed by atoms with Gasteiger partial charge in [0.1, 0.15) is 6.61 Å². The maximum Gasteiger partial charge on any atom is 0.329 e. The molecule has 0 aromatic rings. The molecule has 1 fully saturated rings. The normalized spacial score (nSPS) is 17.4. The maximum absolute atomic E-state index is 11.4. The fourth-order valence-electron chi connectivity index (χ4n) is 1.50. The molecule has 0 aromatic carbocycles. The van der Waals surface area contributed by atoms with Crippen LogP contribution in [0.25, 0.3) is 0 Å². The van der Waals surface area contributed by atoms with E-state index >= 15 is 0 Å². The average molecular weight is 260 g/mol. The lowest BCUT2D eigenvalue weighted by molar-refractivity contribution is -0.142. The van der Waals surface area contributed by atoms with Crippen LogP contribution in [0.15, 0.2) is 0 Å². The van der Waals surface area contributed by atoms with Crippen LogP contribution in [0.2, 0.25) is 0 Å². The number of aliphatic carboxylic acids is 1. The molecule has 1 aliphatic heterocycles. The van der Waals surface area contributed by atoms with E-state index in [0.29, 0.717) is 0 Å². The third-order valence-corrected chi connectivity index (χ3v) is 2.52. The number of urea groups is 1. The highest BCUT2D eigenvalue weighted by atomic mass is 16.5. The monoisotopic (exact) mass is 260 g/mol. The number of hydrogen-bond donors (Lipinski definition) is 3. The number of hydrazine groups is 1. The van der Waals surface area contributed by atoms with Gasteiger partial charge in [0.05, 0.1) is 6.61 Å². The van der Waals surface area contributed by atoms with Gasteiger partial charge >= 0.3 is 12.0 Å². The van der Waals surface area contributed by atoms with Crippen LogP contribution in [0.1, 0.15) is 0 Å². The first kappa shape index (κ1) is 14.7. The van der Waals surface area contributed by atoms with Crippen LogP contribution < -0.4 is 10.7 Å². The Morgan fingerprint density at radius 2 is 1.94 bits per heavy atom. The second-order valence-corrected chi connectivity index (χ2v) is 4.10. The standard InChI is InChI=1S/C10H20N4O4/c1-13-3-5-14(6-4-13)12-10(17)11-2-7-18-8-9(15)16/h2-8H2,1H3,(H,15,16)(H2,11,12,17). The van der Waals surface area contributed by atoms with Gasteiger partial charge in [0.15, 0.2) is 0 Å². The number of carbonyl (C=O) groups is 2. The first-order chi connectivity index (χ1) is 8.58. The van der Waals surface area contributed by atoms with Crippen LogP contribution in [0.5, 0.6) is 0 Å². The predicted octanol–water partition coefficient (Wildman–Crippen LogP) is -1.45. The second-order valence-electron chi connectivity index (χ2n) is 4.10. The molecular formula is C10H20N4O4. The number of amides is 2. The van der Waals surface area contributed by atoms with Crippen LogP contribution in [-0.2, 0) is 9.53 Å². The minimum Gasteiger partial charge on any atom is -0.480 e. The molecule has 2 amide bonds. The van der Waals surface area contributed by atoms with Crippen molar-refractivity contribution >= 4 is 12.0 Å². The summed E-state index contributed by atoms with van der Waals surface area (Å²) in [5.41, 5.74) is 2.72. The Morgan fingerprint density at radius 1 is 1.28 bits per heavy atom. The van der Waals surface area contributed by atoms with Gasteiger partial charge in [0.2, 0.25) is 0 Å². The summed E-state index contributed by atoms with van der Waals surface area (Å²) in [6.45, 7) is 3.54. The average Bonchev–Trinajstić information content (AvgIpc) is 2.31. The number of likely N-dealkylation sites (N-methyl/N-ethyl adjacent to an activating group) is 1. The van der Waals surface area contributed by atoms with Crippen molar-refractivity contribution in [1.29, 1.82) is 0 Å². The molecule has 8 heteroatoms. The van der Waals surface area contributed by atoms with Crippen molar-refractivity contribution < 1.29 is 19.4 Å². The Balaban J connectivity index is 2.01. The Labute approximate surface area is 106 Å². The lowest BCUT2D eigenvalue weighted by atomic mass is 10.4. The zero-order valence-electron chi connectivity index (χ0n) is 10.5. The molecule has 1 heterocycles. The zero-order chi connectivity index (χ0) is 13.4. The van der Waals surface area contributed by atoms with E-state index in [4.69, 9.17) is 9.84 Å². The van der Waals surface area contributed by atoms with Crippen LogP contribution in [0.3, 0.4) is 0 Å². The van der Waals surface area contributed by atoms with Gasteiger partial charge in [-0.2, -0.15) is 0 Å². The minimum absolute atomic E-state index is 0.183. The third-order valence-electron chi connectivity index (χ3n) is 2.52. The number of piperazine rings is 1. The number of carboxylic acid groups (broad SMARTS) is 1. The van der Waals surface area contributed by atoms with Crippen molar-refractivity contribution in [3.05, 3.63) is 0 Å². The molecule has 8 nitrogen and oxygen atoms in total. The molecule has 104 valence electrons. The number of carbonyl (C=O) groups excluding carboxylic acids is 1. The van der Waals surface area contributed by atoms with E-state index in [1.165, 1.54) is 0 Å². The molecule has 3 N–H and O–H groups in total. The van der Waals surface area contributed by atoms with E-state index < -0.39 is 5.97 Å². The molecule has 0 atom stereocenters. The summed E-state index contributed by atoms with van der Waals surface area (Å²) >= 11 is 0. The van der Waals surface area contributed by atoms with Gasteiger partial charge in [0, 0.05) is 32.7 Å². The lowest BCUT2D eigenvalue weighted by Gasteiger charge is -2.32. The molecule has 0 saturated carbocycles. The highest BCUT2D eigenvalue weighted by Crippen LogP contribution is 1.94. The molecule has 1 rings (SSSR count). The smallest absolute Gasteiger partial charge is 0.329 e. The van der Waals surface area contributed by atoms with Crippen molar-refractivity contribution in [3.63, 3.8) is 0 Å². The third kappa shape index (κ3) is 6.38. The first-order valence-electron chi connectivity index (χ1n) is 5.85. The minimum atomic E-state index is -1.02. The second kappa shape index (κ2) is 7.85. The number of carboxylic acids is 1. The van der Waals surface area contributed by atoms with E-state index in [0.717, 1.165) is 26.2 Å². The van der Waals surface area contributed by atoms with Crippen molar-refractivity contribution in [2.75, 3.05) is 53.0 Å². The molecular weight excluding hydrogens is 240 g/mol. The van der Waals surface area contributed by atoms with Gasteiger partial charge in [-0.25, -0.2) is 14.6 Å². The van der Waals surface area contributed by atoms with Crippen molar-refractivity contribution in [2.24, 2.45) is 0 Å². The van der Waals surface area contributed by atoms with Gasteiger partial charge in [-0.1, -0.05) is 0 Å². The van der Waals surface area contributed by atoms with E-state index in [9.17, 15) is 9.59 Å². The van der Waals surface area contributed by atoms with Gasteiger partial charge in [-0.15, -0.1) is 0 Å². The highest BCUT2D eigenvalue weighted by Gasteiger charge is 2.15. The van der Waals surface area contributed by atoms with E-state index in [1.54, 1.807) is 0 Å². The maximum atomic E-state index is 11.4. The Morgan fingerprint density at radius 3 is 2.56 bits per heavy atom. The number of nitrogens with zero attached hydrogens (tertiary/aromatic N) is 2. The molecule has 1 saturated heterocycles.